The second-order valence-corrected chi connectivity index (χ2v) is 9.71. The third-order valence-corrected chi connectivity index (χ3v) is 7.87. The number of hydrogen-bond donors (Lipinski definition) is 2. The van der Waals surface area contributed by atoms with E-state index in [0.717, 1.165) is 62.9 Å². The predicted octanol–water partition coefficient (Wildman–Crippen LogP) is 4.35. The number of nitrogens with one attached hydrogen (secondary N) is 1. The highest BCUT2D eigenvalue weighted by Crippen LogP contribution is 2.48. The van der Waals surface area contributed by atoms with Crippen molar-refractivity contribution >= 4 is 29.0 Å². The van der Waals surface area contributed by atoms with Crippen molar-refractivity contribution in [3.05, 3.63) is 36.0 Å². The summed E-state index contributed by atoms with van der Waals surface area (Å²) in [5, 5.41) is 10.6. The lowest BCUT2D eigenvalue weighted by Gasteiger charge is -2.45. The smallest absolute Gasteiger partial charge is 0.330 e. The van der Waals surface area contributed by atoms with E-state index in [4.69, 9.17) is 4.98 Å². The van der Waals surface area contributed by atoms with Crippen LogP contribution < -0.4 is 0 Å². The average molecular weight is 449 g/mol. The van der Waals surface area contributed by atoms with Gasteiger partial charge in [0.2, 0.25) is 0 Å². The van der Waals surface area contributed by atoms with Crippen LogP contribution in [-0.2, 0) is 11.2 Å². The number of carbonyl (C=O) groups is 1. The van der Waals surface area contributed by atoms with Crippen LogP contribution in [0.1, 0.15) is 44.1 Å². The first-order chi connectivity index (χ1) is 16.1. The molecule has 3 fully saturated rings. The Morgan fingerprint density at radius 1 is 1.15 bits per heavy atom. The molecule has 2 atom stereocenters. The number of pyridine rings is 1. The van der Waals surface area contributed by atoms with Crippen molar-refractivity contribution in [1.82, 2.24) is 19.9 Å². The van der Waals surface area contributed by atoms with Crippen LogP contribution in [-0.4, -0.2) is 48.3 Å². The number of H-pyrrole nitrogens is 1. The van der Waals surface area contributed by atoms with Crippen molar-refractivity contribution in [1.29, 1.82) is 0 Å². The fourth-order valence-electron chi connectivity index (χ4n) is 6.25. The highest BCUT2D eigenvalue weighted by Gasteiger charge is 2.47. The van der Waals surface area contributed by atoms with Gasteiger partial charge >= 0.3 is 11.8 Å². The van der Waals surface area contributed by atoms with E-state index in [1.807, 2.05) is 6.20 Å². The summed E-state index contributed by atoms with van der Waals surface area (Å²) in [6, 6.07) is 1.45. The largest absolute Gasteiger partial charge is 0.481 e. The van der Waals surface area contributed by atoms with E-state index in [2.05, 4.69) is 25.7 Å². The molecule has 4 heterocycles. The number of aryl methyl sites for hydroxylation is 1. The first-order valence-corrected chi connectivity index (χ1v) is 11.9. The Hall–Kier alpha value is -3.16. The van der Waals surface area contributed by atoms with Crippen molar-refractivity contribution in [3.63, 3.8) is 0 Å². The third-order valence-electron chi connectivity index (χ3n) is 7.87. The summed E-state index contributed by atoms with van der Waals surface area (Å²) in [5.41, 5.74) is 2.38. The summed E-state index contributed by atoms with van der Waals surface area (Å²) in [6.45, 7) is 0.813. The summed E-state index contributed by atoms with van der Waals surface area (Å²) in [4.78, 5) is 28.9. The Labute approximate surface area is 190 Å². The molecule has 170 valence electrons. The number of carboxylic acids is 1. The standard InChI is InChI=1S/C25H26FN5O2/c26-17-9-18-19(12-29-22(18)28-11-17)23-27-10-16-3-1-2-8-31(24(16)30-23)13-20-14-4-6-15(7-5-14)21(20)25(32)33/h9-15,20-21H,1-8H2,(H-,27,28,29,30,32,33)/p+1/t14?,15?,20?,21-/m1/s1. The molecule has 1 aliphatic heterocycles. The third kappa shape index (κ3) is 3.52. The van der Waals surface area contributed by atoms with Gasteiger partial charge in [0.15, 0.2) is 0 Å². The maximum absolute atomic E-state index is 13.9. The van der Waals surface area contributed by atoms with Crippen LogP contribution in [0.25, 0.3) is 22.4 Å². The predicted molar refractivity (Wildman–Crippen MR) is 121 cm³/mol. The van der Waals surface area contributed by atoms with Crippen LogP contribution in [0.3, 0.4) is 0 Å². The SMILES string of the molecule is O=C(O)[C@@H]1C2CCC(CC2)C1C=[N+]1CCCCc2cnc(-c3c[nH]c4ncc(F)cc34)nc21. The Balaban J connectivity index is 1.44. The molecule has 7 rings (SSSR count). The minimum Gasteiger partial charge on any atom is -0.481 e. The van der Waals surface area contributed by atoms with Crippen LogP contribution in [0.15, 0.2) is 24.7 Å². The summed E-state index contributed by atoms with van der Waals surface area (Å²) in [5.74, 6) is 0.715. The van der Waals surface area contributed by atoms with Gasteiger partial charge in [-0.05, 0) is 67.8 Å². The summed E-state index contributed by atoms with van der Waals surface area (Å²) >= 11 is 0. The van der Waals surface area contributed by atoms with E-state index in [0.29, 0.717) is 28.3 Å². The zero-order valence-corrected chi connectivity index (χ0v) is 18.4. The van der Waals surface area contributed by atoms with E-state index in [1.165, 1.54) is 12.3 Å². The highest BCUT2D eigenvalue weighted by molar-refractivity contribution is 5.91. The zero-order chi connectivity index (χ0) is 22.5. The maximum Gasteiger partial charge on any atom is 0.330 e. The Morgan fingerprint density at radius 2 is 1.97 bits per heavy atom. The Kier molecular flexibility index (Phi) is 4.96. The average Bonchev–Trinajstić information content (AvgIpc) is 3.14. The second kappa shape index (κ2) is 8.01. The number of hydrogen-bond acceptors (Lipinski definition) is 4. The molecule has 2 bridgehead atoms. The van der Waals surface area contributed by atoms with Gasteiger partial charge in [-0.15, -0.1) is 0 Å². The fraction of sp³-hybridized carbons (Fsp3) is 0.480. The van der Waals surface area contributed by atoms with Gasteiger partial charge in [-0.2, -0.15) is 0 Å². The van der Waals surface area contributed by atoms with Gasteiger partial charge < -0.3 is 10.1 Å². The molecule has 7 nitrogen and oxygen atoms in total. The van der Waals surface area contributed by atoms with E-state index in [1.54, 1.807) is 6.20 Å². The van der Waals surface area contributed by atoms with Crippen molar-refractivity contribution in [2.75, 3.05) is 6.54 Å². The Morgan fingerprint density at radius 3 is 2.79 bits per heavy atom. The summed E-state index contributed by atoms with van der Waals surface area (Å²) in [6.07, 6.45) is 14.2. The molecule has 4 aliphatic rings. The zero-order valence-electron chi connectivity index (χ0n) is 18.4. The molecule has 0 saturated heterocycles. The second-order valence-electron chi connectivity index (χ2n) is 9.71. The normalized spacial score (nSPS) is 28.1. The maximum atomic E-state index is 13.9. The van der Waals surface area contributed by atoms with Crippen molar-refractivity contribution in [3.8, 4) is 11.4 Å². The van der Waals surface area contributed by atoms with Crippen molar-refractivity contribution in [2.24, 2.45) is 23.7 Å². The van der Waals surface area contributed by atoms with Gasteiger partial charge in [-0.1, -0.05) is 0 Å². The molecule has 1 unspecified atom stereocenters. The molecule has 2 N–H and O–H groups in total. The van der Waals surface area contributed by atoms with Gasteiger partial charge in [0.1, 0.15) is 11.5 Å². The number of rotatable bonds is 3. The van der Waals surface area contributed by atoms with Gasteiger partial charge in [-0.25, -0.2) is 18.9 Å². The summed E-state index contributed by atoms with van der Waals surface area (Å²) < 4.78 is 16.0. The number of aliphatic carboxylic acids is 1. The van der Waals surface area contributed by atoms with Crippen LogP contribution in [0.5, 0.6) is 0 Å². The molecule has 0 spiro atoms. The molecule has 33 heavy (non-hydrogen) atoms. The number of aromatic nitrogens is 4. The van der Waals surface area contributed by atoms with E-state index in [9.17, 15) is 14.3 Å². The van der Waals surface area contributed by atoms with Gasteiger partial charge in [0.05, 0.1) is 36.0 Å². The molecule has 3 aromatic heterocycles. The van der Waals surface area contributed by atoms with E-state index >= 15 is 0 Å². The molecule has 3 aliphatic carbocycles. The number of aromatic amines is 1. The first kappa shape index (κ1) is 20.4. The van der Waals surface area contributed by atoms with Gasteiger partial charge in [-0.3, -0.25) is 4.79 Å². The molecule has 8 heteroatoms. The van der Waals surface area contributed by atoms with Crippen LogP contribution in [0, 0.1) is 29.5 Å². The Bertz CT molecular complexity index is 1260. The first-order valence-electron chi connectivity index (χ1n) is 11.9. The fourth-order valence-corrected chi connectivity index (χ4v) is 6.25. The van der Waals surface area contributed by atoms with Crippen LogP contribution in [0.4, 0.5) is 10.2 Å². The highest BCUT2D eigenvalue weighted by atomic mass is 19.1. The topological polar surface area (TPSA) is 94.8 Å². The van der Waals surface area contributed by atoms with Crippen molar-refractivity contribution < 1.29 is 18.9 Å². The van der Waals surface area contributed by atoms with Crippen molar-refractivity contribution in [2.45, 2.75) is 44.9 Å². The molecule has 3 aromatic rings. The van der Waals surface area contributed by atoms with E-state index < -0.39 is 11.8 Å². The molecule has 0 aromatic carbocycles. The van der Waals surface area contributed by atoms with E-state index in [-0.39, 0.29) is 17.8 Å². The monoisotopic (exact) mass is 448 g/mol. The lowest BCUT2D eigenvalue weighted by atomic mass is 9.59. The quantitative estimate of drug-likeness (QED) is 0.581. The van der Waals surface area contributed by atoms with Crippen LogP contribution in [0.2, 0.25) is 0 Å². The molecular formula is C25H27FN5O2+. The summed E-state index contributed by atoms with van der Waals surface area (Å²) in [7, 11) is 0. The molecule has 0 radical (unpaired) electrons. The lowest BCUT2D eigenvalue weighted by molar-refractivity contribution is -0.443. The van der Waals surface area contributed by atoms with Gasteiger partial charge in [0.25, 0.3) is 5.82 Å². The number of carboxylic acid groups (broad SMARTS) is 1. The minimum atomic E-state index is -0.669. The minimum absolute atomic E-state index is 0.0331. The number of halogens is 1. The molecule has 0 amide bonds. The molecule has 3 saturated carbocycles. The van der Waals surface area contributed by atoms with Crippen LogP contribution >= 0.6 is 0 Å². The number of fused-ring (bicyclic) bond motifs is 5. The lowest BCUT2D eigenvalue weighted by Crippen LogP contribution is -2.45. The van der Waals surface area contributed by atoms with Gasteiger partial charge in [0, 0.05) is 23.7 Å². The number of nitrogens with zero attached hydrogens (tertiary/aromatic N) is 4. The molecular weight excluding hydrogens is 421 g/mol.